The number of nitrogens with one attached hydrogen (secondary N) is 5. The van der Waals surface area contributed by atoms with Gasteiger partial charge in [-0.15, -0.1) is 0 Å². The highest BCUT2D eigenvalue weighted by Gasteiger charge is 2.41. The molecule has 61 heavy (non-hydrogen) atoms. The number of Topliss-reactive ketones (excluding diaryl/α,β-unsaturated/α-hetero) is 2. The van der Waals surface area contributed by atoms with Crippen LogP contribution in [0.15, 0.2) is 48.5 Å². The highest BCUT2D eigenvalue weighted by atomic mass is 16.6. The number of amides is 5. The zero-order valence-electron chi connectivity index (χ0n) is 34.8. The molecule has 4 rings (SSSR count). The van der Waals surface area contributed by atoms with Gasteiger partial charge in [0.25, 0.3) is 0 Å². The zero-order chi connectivity index (χ0) is 44.1. The Bertz CT molecular complexity index is 1890. The smallest absolute Gasteiger partial charge is 0.408 e. The first-order valence-corrected chi connectivity index (χ1v) is 20.9. The average Bonchev–Trinajstić information content (AvgIpc) is 3.51. The van der Waals surface area contributed by atoms with Crippen LogP contribution in [0.1, 0.15) is 116 Å². The van der Waals surface area contributed by atoms with Crippen LogP contribution in [0.2, 0.25) is 0 Å². The van der Waals surface area contributed by atoms with Crippen molar-refractivity contribution in [3.63, 3.8) is 0 Å². The molecule has 2 unspecified atom stereocenters. The molecule has 17 heteroatoms. The zero-order valence-corrected chi connectivity index (χ0v) is 34.8. The van der Waals surface area contributed by atoms with E-state index in [1.54, 1.807) is 42.5 Å². The molecule has 330 valence electrons. The molecule has 2 aromatic carbocycles. The predicted octanol–water partition coefficient (Wildman–Crippen LogP) is 4.07. The van der Waals surface area contributed by atoms with Crippen LogP contribution in [-0.4, -0.2) is 92.6 Å². The lowest BCUT2D eigenvalue weighted by Gasteiger charge is -2.21. The molecule has 4 atom stereocenters. The van der Waals surface area contributed by atoms with Gasteiger partial charge in [-0.1, -0.05) is 68.1 Å². The van der Waals surface area contributed by atoms with E-state index in [4.69, 9.17) is 14.2 Å². The van der Waals surface area contributed by atoms with Crippen molar-refractivity contribution >= 4 is 58.9 Å². The van der Waals surface area contributed by atoms with Crippen molar-refractivity contribution in [3.05, 3.63) is 65.2 Å². The number of methoxy groups -OCH3 is 2. The number of piperidine rings is 1. The van der Waals surface area contributed by atoms with Gasteiger partial charge in [0, 0.05) is 49.5 Å². The first kappa shape index (κ1) is 47.5. The Morgan fingerprint density at radius 3 is 2.03 bits per heavy atom. The van der Waals surface area contributed by atoms with Crippen LogP contribution in [0.3, 0.4) is 0 Å². The molecule has 1 heterocycles. The fraction of sp³-hybridized carbons (Fsp3) is 0.523. The third-order valence-electron chi connectivity index (χ3n) is 10.7. The van der Waals surface area contributed by atoms with E-state index < -0.39 is 41.9 Å². The van der Waals surface area contributed by atoms with E-state index in [0.29, 0.717) is 42.7 Å². The number of rotatable bonds is 25. The number of ether oxygens (including phenoxy) is 3. The van der Waals surface area contributed by atoms with Gasteiger partial charge in [0.05, 0.1) is 25.7 Å². The molecule has 1 fully saturated rings. The normalized spacial score (nSPS) is 16.7. The molecule has 1 saturated heterocycles. The van der Waals surface area contributed by atoms with E-state index in [1.165, 1.54) is 7.11 Å². The van der Waals surface area contributed by atoms with Crippen molar-refractivity contribution in [1.29, 1.82) is 0 Å². The second-order valence-electron chi connectivity index (χ2n) is 15.1. The number of carbonyl (C=O) groups is 9. The Morgan fingerprint density at radius 2 is 1.36 bits per heavy atom. The topological polar surface area (TPSA) is 241 Å². The van der Waals surface area contributed by atoms with Gasteiger partial charge in [-0.05, 0) is 56.6 Å². The minimum Gasteiger partial charge on any atom is -0.467 e. The number of unbranched alkanes of at least 4 members (excludes halogenated alkanes) is 5. The summed E-state index contributed by atoms with van der Waals surface area (Å²) in [6.07, 6.45) is 5.38. The average molecular weight is 848 g/mol. The molecular formula is C44H57N5O12. The minimum atomic E-state index is -1.18. The van der Waals surface area contributed by atoms with E-state index in [1.807, 2.05) is 6.07 Å². The Labute approximate surface area is 355 Å². The molecule has 17 nitrogen and oxygen atoms in total. The van der Waals surface area contributed by atoms with E-state index in [-0.39, 0.29) is 80.3 Å². The number of imide groups is 1. The quantitative estimate of drug-likeness (QED) is 0.0312. The van der Waals surface area contributed by atoms with Gasteiger partial charge >= 0.3 is 18.0 Å². The second-order valence-corrected chi connectivity index (χ2v) is 15.1. The van der Waals surface area contributed by atoms with E-state index in [2.05, 4.69) is 26.6 Å². The summed E-state index contributed by atoms with van der Waals surface area (Å²) >= 11 is 0. The van der Waals surface area contributed by atoms with Crippen molar-refractivity contribution < 1.29 is 57.4 Å². The summed E-state index contributed by atoms with van der Waals surface area (Å²) in [6, 6.07) is 11.9. The van der Waals surface area contributed by atoms with Gasteiger partial charge in [0.15, 0.2) is 11.6 Å². The minimum absolute atomic E-state index is 0.00975. The fourth-order valence-electron chi connectivity index (χ4n) is 7.30. The monoisotopic (exact) mass is 847 g/mol. The number of hydrogen-bond donors (Lipinski definition) is 5. The summed E-state index contributed by atoms with van der Waals surface area (Å²) in [6.45, 7) is 1.05. The van der Waals surface area contributed by atoms with Crippen LogP contribution < -0.4 is 26.6 Å². The maximum absolute atomic E-state index is 13.3. The number of hydrogen-bond acceptors (Lipinski definition) is 13. The molecule has 2 aromatic rings. The van der Waals surface area contributed by atoms with Crippen molar-refractivity contribution in [1.82, 2.24) is 21.3 Å². The molecule has 0 radical (unpaired) electrons. The first-order valence-electron chi connectivity index (χ1n) is 20.9. The summed E-state index contributed by atoms with van der Waals surface area (Å²) < 4.78 is 14.7. The lowest BCUT2D eigenvalue weighted by atomic mass is 9.88. The number of carbonyl (C=O) groups excluding carboxylic acids is 9. The van der Waals surface area contributed by atoms with Crippen LogP contribution in [-0.2, 0) is 49.6 Å². The number of esters is 2. The number of anilines is 1. The molecule has 1 aliphatic carbocycles. The predicted molar refractivity (Wildman–Crippen MR) is 221 cm³/mol. The molecule has 0 spiro atoms. The molecule has 5 amide bonds. The lowest BCUT2D eigenvalue weighted by molar-refractivity contribution is -0.146. The second kappa shape index (κ2) is 24.8. The summed E-state index contributed by atoms with van der Waals surface area (Å²) in [7, 11) is 2.32. The maximum Gasteiger partial charge on any atom is 0.408 e. The fourth-order valence-corrected chi connectivity index (χ4v) is 7.30. The Morgan fingerprint density at radius 1 is 0.721 bits per heavy atom. The Kier molecular flexibility index (Phi) is 19.4. The molecule has 0 aromatic heterocycles. The van der Waals surface area contributed by atoms with E-state index >= 15 is 0 Å². The summed E-state index contributed by atoms with van der Waals surface area (Å²) in [4.78, 5) is 112. The Hall–Kier alpha value is -6.13. The summed E-state index contributed by atoms with van der Waals surface area (Å²) in [5.41, 5.74) is 2.19. The molecular weight excluding hydrogens is 791 g/mol. The summed E-state index contributed by atoms with van der Waals surface area (Å²) in [5, 5.41) is 13.4. The molecule has 2 aliphatic rings. The van der Waals surface area contributed by atoms with Crippen LogP contribution in [0, 0.1) is 11.8 Å². The van der Waals surface area contributed by atoms with Crippen molar-refractivity contribution in [2.75, 3.05) is 32.6 Å². The Balaban J connectivity index is 1.06. The van der Waals surface area contributed by atoms with Crippen LogP contribution >= 0.6 is 0 Å². The van der Waals surface area contributed by atoms with Crippen molar-refractivity contribution in [2.24, 2.45) is 11.8 Å². The summed E-state index contributed by atoms with van der Waals surface area (Å²) in [5.74, 6) is -4.69. The number of ketones is 2. The van der Waals surface area contributed by atoms with Gasteiger partial charge in [0.2, 0.25) is 23.6 Å². The van der Waals surface area contributed by atoms with Crippen molar-refractivity contribution in [3.8, 4) is 0 Å². The van der Waals surface area contributed by atoms with Crippen LogP contribution in [0.25, 0.3) is 0 Å². The third kappa shape index (κ3) is 15.1. The van der Waals surface area contributed by atoms with Crippen molar-refractivity contribution in [2.45, 2.75) is 109 Å². The molecule has 0 bridgehead atoms. The lowest BCUT2D eigenvalue weighted by Crippen LogP contribution is -2.45. The van der Waals surface area contributed by atoms with Gasteiger partial charge in [-0.3, -0.25) is 34.1 Å². The van der Waals surface area contributed by atoms with Gasteiger partial charge in [0.1, 0.15) is 18.7 Å². The van der Waals surface area contributed by atoms with Gasteiger partial charge < -0.3 is 35.5 Å². The molecule has 1 aliphatic heterocycles. The molecule has 0 saturated carbocycles. The van der Waals surface area contributed by atoms with Gasteiger partial charge in [-0.25, -0.2) is 14.4 Å². The number of fused-ring (bicyclic) bond motifs is 1. The SMILES string of the molecule is COC(=O)[C@H](CCC(=O)NCCCCCCCCNc1cccc2c1C(=O)C(CCC1CCC(=O)NC1=O)C2=O)NC(=O)CC[C@H](NC(=O)OCc1ccccc1)C(=O)OC. The van der Waals surface area contributed by atoms with Gasteiger partial charge in [-0.2, -0.15) is 0 Å². The van der Waals surface area contributed by atoms with E-state index in [0.717, 1.165) is 51.2 Å². The third-order valence-corrected chi connectivity index (χ3v) is 10.7. The standard InChI is InChI=1S/C44H57N5O12/c1-59-42(56)33(47-36(51)24-21-34(43(57)60-2)48-44(58)61-27-28-13-8-7-9-14-28)20-23-35(50)46-26-11-6-4-3-5-10-25-45-32-16-12-15-30-38(32)40(54)31(39(30)53)19-17-29-18-22-37(52)49-41(29)55/h7-9,12-16,29,31,33-34,45H,3-6,10-11,17-27H2,1-2H3,(H,46,50)(H,47,51)(H,48,58)(H,49,52,55)/t29?,31?,33-,34-/m0/s1. The van der Waals surface area contributed by atoms with E-state index in [9.17, 15) is 43.2 Å². The number of alkyl carbamates (subject to hydrolysis) is 1. The van der Waals surface area contributed by atoms with Crippen LogP contribution in [0.4, 0.5) is 10.5 Å². The van der Waals surface area contributed by atoms with Crippen LogP contribution in [0.5, 0.6) is 0 Å². The number of benzene rings is 2. The maximum atomic E-state index is 13.3. The first-order chi connectivity index (χ1) is 29.4. The highest BCUT2D eigenvalue weighted by Crippen LogP contribution is 2.36. The highest BCUT2D eigenvalue weighted by molar-refractivity contribution is 6.28. The largest absolute Gasteiger partial charge is 0.467 e. The molecule has 5 N–H and O–H groups in total.